The highest BCUT2D eigenvalue weighted by Crippen LogP contribution is 2.18. The van der Waals surface area contributed by atoms with Crippen LogP contribution in [0.2, 0.25) is 0 Å². The fraction of sp³-hybridized carbons (Fsp3) is 0.500. The predicted molar refractivity (Wildman–Crippen MR) is 67.0 cm³/mol. The maximum absolute atomic E-state index is 13.5. The first-order valence-corrected chi connectivity index (χ1v) is 6.14. The largest absolute Gasteiger partial charge is 0.349 e. The van der Waals surface area contributed by atoms with Crippen LogP contribution in [0.4, 0.5) is 8.78 Å². The van der Waals surface area contributed by atoms with Crippen LogP contribution in [0.1, 0.15) is 45.2 Å². The van der Waals surface area contributed by atoms with Crippen LogP contribution in [0.5, 0.6) is 0 Å². The molecule has 0 aromatic heterocycles. The lowest BCUT2D eigenvalue weighted by Crippen LogP contribution is -2.27. The molecule has 1 N–H and O–H groups in total. The van der Waals surface area contributed by atoms with Crippen molar-refractivity contribution in [3.8, 4) is 0 Å². The molecular formula is C14H19F2NO. The highest BCUT2D eigenvalue weighted by Gasteiger charge is 2.14. The fourth-order valence-corrected chi connectivity index (χ4v) is 1.66. The van der Waals surface area contributed by atoms with E-state index in [1.807, 2.05) is 13.8 Å². The summed E-state index contributed by atoms with van der Waals surface area (Å²) in [5, 5.41) is 2.71. The zero-order valence-electron chi connectivity index (χ0n) is 11.0. The van der Waals surface area contributed by atoms with E-state index in [-0.39, 0.29) is 5.91 Å². The van der Waals surface area contributed by atoms with E-state index in [0.29, 0.717) is 17.9 Å². The molecule has 0 aliphatic heterocycles. The van der Waals surface area contributed by atoms with Gasteiger partial charge in [0.25, 0.3) is 0 Å². The monoisotopic (exact) mass is 255 g/mol. The summed E-state index contributed by atoms with van der Waals surface area (Å²) in [6, 6.07) is 2.92. The number of amides is 1. The Morgan fingerprint density at radius 2 is 1.94 bits per heavy atom. The summed E-state index contributed by atoms with van der Waals surface area (Å²) >= 11 is 0. The molecule has 0 aliphatic carbocycles. The van der Waals surface area contributed by atoms with E-state index < -0.39 is 17.7 Å². The third kappa shape index (κ3) is 4.43. The number of rotatable bonds is 5. The van der Waals surface area contributed by atoms with Crippen molar-refractivity contribution in [1.82, 2.24) is 5.32 Å². The van der Waals surface area contributed by atoms with E-state index in [4.69, 9.17) is 0 Å². The lowest BCUT2D eigenvalue weighted by Gasteiger charge is -2.15. The van der Waals surface area contributed by atoms with Crippen molar-refractivity contribution >= 4 is 5.91 Å². The first-order valence-electron chi connectivity index (χ1n) is 6.14. The number of halogens is 2. The summed E-state index contributed by atoms with van der Waals surface area (Å²) in [5.74, 6) is -0.908. The molecule has 1 amide bonds. The number of hydrogen-bond donors (Lipinski definition) is 1. The summed E-state index contributed by atoms with van der Waals surface area (Å²) in [6.45, 7) is 5.76. The quantitative estimate of drug-likeness (QED) is 0.856. The van der Waals surface area contributed by atoms with E-state index in [9.17, 15) is 13.6 Å². The van der Waals surface area contributed by atoms with Crippen molar-refractivity contribution in [1.29, 1.82) is 0 Å². The molecule has 0 radical (unpaired) electrons. The number of nitrogens with one attached hydrogen (secondary N) is 1. The Kier molecular flexibility index (Phi) is 5.25. The van der Waals surface area contributed by atoms with Gasteiger partial charge in [-0.2, -0.15) is 0 Å². The summed E-state index contributed by atoms with van der Waals surface area (Å²) in [4.78, 5) is 11.6. The van der Waals surface area contributed by atoms with Crippen molar-refractivity contribution in [2.45, 2.75) is 39.7 Å². The van der Waals surface area contributed by atoms with Crippen molar-refractivity contribution in [2.24, 2.45) is 5.92 Å². The van der Waals surface area contributed by atoms with Crippen LogP contribution in [-0.2, 0) is 4.79 Å². The number of benzene rings is 1. The van der Waals surface area contributed by atoms with Crippen LogP contribution in [0.25, 0.3) is 0 Å². The predicted octanol–water partition coefficient (Wildman–Crippen LogP) is 3.58. The van der Waals surface area contributed by atoms with E-state index in [1.54, 1.807) is 6.92 Å². The summed E-state index contributed by atoms with van der Waals surface area (Å²) < 4.78 is 26.2. The minimum Gasteiger partial charge on any atom is -0.349 e. The average Bonchev–Trinajstić information content (AvgIpc) is 2.26. The van der Waals surface area contributed by atoms with Gasteiger partial charge in [-0.05, 0) is 25.3 Å². The molecule has 0 saturated heterocycles. The van der Waals surface area contributed by atoms with Gasteiger partial charge in [-0.25, -0.2) is 8.78 Å². The molecule has 0 aliphatic rings. The Morgan fingerprint density at radius 1 is 1.28 bits per heavy atom. The molecule has 0 saturated carbocycles. The minimum atomic E-state index is -0.633. The Morgan fingerprint density at radius 3 is 2.50 bits per heavy atom. The topological polar surface area (TPSA) is 29.1 Å². The zero-order valence-corrected chi connectivity index (χ0v) is 11.0. The Labute approximate surface area is 106 Å². The summed E-state index contributed by atoms with van der Waals surface area (Å²) in [5.41, 5.74) is 0.300. The second-order valence-electron chi connectivity index (χ2n) is 4.89. The van der Waals surface area contributed by atoms with E-state index >= 15 is 0 Å². The Balaban J connectivity index is 2.59. The second kappa shape index (κ2) is 6.47. The van der Waals surface area contributed by atoms with Crippen LogP contribution >= 0.6 is 0 Å². The van der Waals surface area contributed by atoms with Crippen LogP contribution < -0.4 is 5.32 Å². The normalized spacial score (nSPS) is 12.6. The van der Waals surface area contributed by atoms with E-state index in [0.717, 1.165) is 12.5 Å². The first kappa shape index (κ1) is 14.6. The van der Waals surface area contributed by atoms with Gasteiger partial charge in [0.1, 0.15) is 11.6 Å². The van der Waals surface area contributed by atoms with Crippen LogP contribution in [0.15, 0.2) is 18.2 Å². The van der Waals surface area contributed by atoms with Crippen molar-refractivity contribution < 1.29 is 13.6 Å². The smallest absolute Gasteiger partial charge is 0.220 e. The van der Waals surface area contributed by atoms with Gasteiger partial charge in [0.2, 0.25) is 5.91 Å². The summed E-state index contributed by atoms with van der Waals surface area (Å²) in [7, 11) is 0. The van der Waals surface area contributed by atoms with Crippen LogP contribution in [0.3, 0.4) is 0 Å². The molecule has 1 atom stereocenters. The lowest BCUT2D eigenvalue weighted by atomic mass is 10.1. The molecule has 0 fully saturated rings. The molecule has 4 heteroatoms. The number of hydrogen-bond acceptors (Lipinski definition) is 1. The van der Waals surface area contributed by atoms with Gasteiger partial charge in [-0.1, -0.05) is 19.9 Å². The zero-order chi connectivity index (χ0) is 13.7. The van der Waals surface area contributed by atoms with Crippen molar-refractivity contribution in [3.63, 3.8) is 0 Å². The van der Waals surface area contributed by atoms with Crippen molar-refractivity contribution in [2.75, 3.05) is 0 Å². The second-order valence-corrected chi connectivity index (χ2v) is 4.89. The SMILES string of the molecule is CC(C)CCC(=O)N[C@@H](C)c1ccc(F)cc1F. The van der Waals surface area contributed by atoms with Gasteiger partial charge < -0.3 is 5.32 Å². The molecule has 1 aromatic carbocycles. The first-order chi connectivity index (χ1) is 8.40. The number of carbonyl (C=O) groups is 1. The third-order valence-electron chi connectivity index (χ3n) is 2.76. The molecule has 18 heavy (non-hydrogen) atoms. The molecule has 0 bridgehead atoms. The van der Waals surface area contributed by atoms with Gasteiger partial charge in [0, 0.05) is 18.1 Å². The van der Waals surface area contributed by atoms with Gasteiger partial charge in [0.05, 0.1) is 6.04 Å². The number of carbonyl (C=O) groups excluding carboxylic acids is 1. The molecule has 2 nitrogen and oxygen atoms in total. The molecule has 0 unspecified atom stereocenters. The standard InChI is InChI=1S/C14H19F2NO/c1-9(2)4-7-14(18)17-10(3)12-6-5-11(15)8-13(12)16/h5-6,8-10H,4,7H2,1-3H3,(H,17,18)/t10-/m0/s1. The van der Waals surface area contributed by atoms with E-state index in [1.165, 1.54) is 12.1 Å². The average molecular weight is 255 g/mol. The minimum absolute atomic E-state index is 0.111. The maximum atomic E-state index is 13.5. The van der Waals surface area contributed by atoms with Crippen molar-refractivity contribution in [3.05, 3.63) is 35.4 Å². The van der Waals surface area contributed by atoms with Crippen LogP contribution in [-0.4, -0.2) is 5.91 Å². The van der Waals surface area contributed by atoms with Gasteiger partial charge in [-0.15, -0.1) is 0 Å². The molecule has 1 aromatic rings. The molecule has 1 rings (SSSR count). The van der Waals surface area contributed by atoms with E-state index in [2.05, 4.69) is 5.32 Å². The maximum Gasteiger partial charge on any atom is 0.220 e. The van der Waals surface area contributed by atoms with Crippen LogP contribution in [0, 0.1) is 17.6 Å². The highest BCUT2D eigenvalue weighted by molar-refractivity contribution is 5.76. The summed E-state index contributed by atoms with van der Waals surface area (Å²) in [6.07, 6.45) is 1.22. The van der Waals surface area contributed by atoms with Gasteiger partial charge in [0.15, 0.2) is 0 Å². The van der Waals surface area contributed by atoms with Gasteiger partial charge >= 0.3 is 0 Å². The molecule has 100 valence electrons. The Bertz CT molecular complexity index is 418. The Hall–Kier alpha value is -1.45. The lowest BCUT2D eigenvalue weighted by molar-refractivity contribution is -0.122. The van der Waals surface area contributed by atoms with Gasteiger partial charge in [-0.3, -0.25) is 4.79 Å². The third-order valence-corrected chi connectivity index (χ3v) is 2.76. The molecule has 0 spiro atoms. The highest BCUT2D eigenvalue weighted by atomic mass is 19.1. The fourth-order valence-electron chi connectivity index (χ4n) is 1.66. The molecular weight excluding hydrogens is 236 g/mol. The molecule has 0 heterocycles.